The fourth-order valence-corrected chi connectivity index (χ4v) is 7.36. The summed E-state index contributed by atoms with van der Waals surface area (Å²) in [5.74, 6) is 0.725. The average Bonchev–Trinajstić information content (AvgIpc) is 3.40. The Kier molecular flexibility index (Phi) is 5.00. The molecule has 0 spiro atoms. The van der Waals surface area contributed by atoms with Crippen molar-refractivity contribution in [2.24, 2.45) is 0 Å². The predicted octanol–water partition coefficient (Wildman–Crippen LogP) is 10.9. The summed E-state index contributed by atoms with van der Waals surface area (Å²) in [5.41, 5.74) is 12.5. The molecular formula is C42H25N3. The Morgan fingerprint density at radius 1 is 0.444 bits per heavy atom. The number of para-hydroxylation sites is 2. The van der Waals surface area contributed by atoms with Crippen LogP contribution >= 0.6 is 0 Å². The Morgan fingerprint density at radius 2 is 1.13 bits per heavy atom. The van der Waals surface area contributed by atoms with Crippen LogP contribution in [0.2, 0.25) is 0 Å². The molecule has 7 aromatic carbocycles. The van der Waals surface area contributed by atoms with E-state index in [1.807, 2.05) is 12.1 Å². The molecule has 0 N–H and O–H groups in total. The first-order valence-electron chi connectivity index (χ1n) is 15.4. The summed E-state index contributed by atoms with van der Waals surface area (Å²) in [7, 11) is 0. The molecule has 0 bridgehead atoms. The topological polar surface area (TPSA) is 30.7 Å². The summed E-state index contributed by atoms with van der Waals surface area (Å²) in [6.45, 7) is 0. The first-order valence-corrected chi connectivity index (χ1v) is 15.4. The highest BCUT2D eigenvalue weighted by molar-refractivity contribution is 6.26. The quantitative estimate of drug-likeness (QED) is 0.207. The molecule has 3 heteroatoms. The SMILES string of the molecule is c1ccc(-c2nc(-c3ccc4c(c3)-c3ccccc3-c3cc5ccccc5c5c6ccccc6n-4c35)nc3ccccc23)cc1. The Bertz CT molecular complexity index is 2650. The third kappa shape index (κ3) is 3.46. The number of hydrogen-bond donors (Lipinski definition) is 0. The van der Waals surface area contributed by atoms with Crippen molar-refractivity contribution in [1.29, 1.82) is 0 Å². The van der Waals surface area contributed by atoms with Gasteiger partial charge in [-0.1, -0.05) is 115 Å². The van der Waals surface area contributed by atoms with Crippen molar-refractivity contribution < 1.29 is 0 Å². The molecule has 1 aliphatic heterocycles. The van der Waals surface area contributed by atoms with Gasteiger partial charge in [-0.25, -0.2) is 9.97 Å². The summed E-state index contributed by atoms with van der Waals surface area (Å²) >= 11 is 0. The van der Waals surface area contributed by atoms with E-state index in [1.54, 1.807) is 0 Å². The van der Waals surface area contributed by atoms with Gasteiger partial charge < -0.3 is 4.57 Å². The number of nitrogens with zero attached hydrogens (tertiary/aromatic N) is 3. The molecule has 3 nitrogen and oxygen atoms in total. The highest BCUT2D eigenvalue weighted by atomic mass is 15.0. The molecular weight excluding hydrogens is 546 g/mol. The van der Waals surface area contributed by atoms with Gasteiger partial charge in [-0.15, -0.1) is 0 Å². The Hall–Kier alpha value is -6.06. The monoisotopic (exact) mass is 571 g/mol. The molecule has 0 saturated heterocycles. The predicted molar refractivity (Wildman–Crippen MR) is 187 cm³/mol. The van der Waals surface area contributed by atoms with E-state index in [9.17, 15) is 0 Å². The Morgan fingerprint density at radius 3 is 2.00 bits per heavy atom. The fourth-order valence-electron chi connectivity index (χ4n) is 7.36. The molecule has 45 heavy (non-hydrogen) atoms. The van der Waals surface area contributed by atoms with Crippen LogP contribution in [0.15, 0.2) is 152 Å². The molecule has 0 atom stereocenters. The zero-order chi connectivity index (χ0) is 29.5. The van der Waals surface area contributed by atoms with Crippen LogP contribution in [0, 0.1) is 0 Å². The minimum Gasteiger partial charge on any atom is -0.308 e. The highest BCUT2D eigenvalue weighted by Crippen LogP contribution is 2.49. The smallest absolute Gasteiger partial charge is 0.160 e. The fraction of sp³-hybridized carbons (Fsp3) is 0. The van der Waals surface area contributed by atoms with Crippen LogP contribution in [-0.2, 0) is 0 Å². The summed E-state index contributed by atoms with van der Waals surface area (Å²) < 4.78 is 2.47. The molecule has 208 valence electrons. The van der Waals surface area contributed by atoms with Gasteiger partial charge in [0.1, 0.15) is 0 Å². The molecule has 10 rings (SSSR count). The van der Waals surface area contributed by atoms with Gasteiger partial charge in [0.15, 0.2) is 5.82 Å². The van der Waals surface area contributed by atoms with Crippen LogP contribution in [0.1, 0.15) is 0 Å². The Labute approximate surface area is 259 Å². The lowest BCUT2D eigenvalue weighted by molar-refractivity contribution is 1.18. The van der Waals surface area contributed by atoms with E-state index in [1.165, 1.54) is 54.8 Å². The van der Waals surface area contributed by atoms with Gasteiger partial charge in [0.25, 0.3) is 0 Å². The molecule has 9 aromatic rings. The molecule has 0 radical (unpaired) electrons. The lowest BCUT2D eigenvalue weighted by Crippen LogP contribution is -1.98. The zero-order valence-electron chi connectivity index (χ0n) is 24.3. The number of fused-ring (bicyclic) bond motifs is 11. The molecule has 1 aliphatic rings. The normalized spacial score (nSPS) is 12.0. The minimum atomic E-state index is 0.725. The van der Waals surface area contributed by atoms with Crippen LogP contribution in [0.5, 0.6) is 0 Å². The largest absolute Gasteiger partial charge is 0.308 e. The van der Waals surface area contributed by atoms with E-state index in [0.29, 0.717) is 0 Å². The van der Waals surface area contributed by atoms with Gasteiger partial charge in [-0.3, -0.25) is 0 Å². The van der Waals surface area contributed by atoms with Crippen molar-refractivity contribution in [3.63, 3.8) is 0 Å². The van der Waals surface area contributed by atoms with Crippen LogP contribution in [0.4, 0.5) is 0 Å². The maximum absolute atomic E-state index is 5.21. The lowest BCUT2D eigenvalue weighted by Gasteiger charge is -2.15. The Balaban J connectivity index is 1.31. The molecule has 0 unspecified atom stereocenters. The molecule has 0 saturated carbocycles. The average molecular weight is 572 g/mol. The summed E-state index contributed by atoms with van der Waals surface area (Å²) in [4.78, 5) is 10.3. The third-order valence-corrected chi connectivity index (χ3v) is 9.31. The number of rotatable bonds is 2. The van der Waals surface area contributed by atoms with Crippen LogP contribution in [0.3, 0.4) is 0 Å². The lowest BCUT2D eigenvalue weighted by atomic mass is 9.91. The first kappa shape index (κ1) is 24.4. The number of aromatic nitrogens is 3. The van der Waals surface area contributed by atoms with Gasteiger partial charge in [-0.2, -0.15) is 0 Å². The molecule has 0 fully saturated rings. The highest BCUT2D eigenvalue weighted by Gasteiger charge is 2.26. The molecule has 2 aromatic heterocycles. The van der Waals surface area contributed by atoms with Gasteiger partial charge in [0.2, 0.25) is 0 Å². The van der Waals surface area contributed by atoms with Crippen molar-refractivity contribution in [2.75, 3.05) is 0 Å². The van der Waals surface area contributed by atoms with E-state index < -0.39 is 0 Å². The van der Waals surface area contributed by atoms with E-state index in [4.69, 9.17) is 9.97 Å². The first-order chi connectivity index (χ1) is 22.3. The van der Waals surface area contributed by atoms with Crippen LogP contribution < -0.4 is 0 Å². The van der Waals surface area contributed by atoms with Crippen LogP contribution in [-0.4, -0.2) is 14.5 Å². The number of benzene rings is 7. The van der Waals surface area contributed by atoms with E-state index >= 15 is 0 Å². The van der Waals surface area contributed by atoms with E-state index in [-0.39, 0.29) is 0 Å². The van der Waals surface area contributed by atoms with Gasteiger partial charge in [0, 0.05) is 38.4 Å². The van der Waals surface area contributed by atoms with Gasteiger partial charge in [0.05, 0.1) is 27.9 Å². The summed E-state index contributed by atoms with van der Waals surface area (Å²) in [6.07, 6.45) is 0. The molecule has 0 amide bonds. The van der Waals surface area contributed by atoms with Gasteiger partial charge in [-0.05, 0) is 58.3 Å². The van der Waals surface area contributed by atoms with Crippen molar-refractivity contribution in [2.45, 2.75) is 0 Å². The van der Waals surface area contributed by atoms with Gasteiger partial charge >= 0.3 is 0 Å². The minimum absolute atomic E-state index is 0.725. The maximum atomic E-state index is 5.21. The van der Waals surface area contributed by atoms with E-state index in [2.05, 4.69) is 144 Å². The standard InChI is InChI=1S/C42H25N3/c1-2-12-26(13-3-1)40-32-18-8-10-20-36(32)43-42(44-40)28-22-23-38-34(25-28)30-16-6-7-17-31(30)35-24-27-14-4-5-15-29(27)39-33-19-9-11-21-37(33)45(38)41(35)39/h1-25H. The zero-order valence-corrected chi connectivity index (χ0v) is 24.3. The second-order valence-corrected chi connectivity index (χ2v) is 11.8. The molecule has 3 heterocycles. The van der Waals surface area contributed by atoms with E-state index in [0.717, 1.165) is 39.2 Å². The second kappa shape index (κ2) is 9.22. The summed E-state index contributed by atoms with van der Waals surface area (Å²) in [6, 6.07) is 54.2. The third-order valence-electron chi connectivity index (χ3n) is 9.31. The van der Waals surface area contributed by atoms with Crippen molar-refractivity contribution in [3.8, 4) is 50.6 Å². The molecule has 0 aliphatic carbocycles. The van der Waals surface area contributed by atoms with Crippen molar-refractivity contribution >= 4 is 43.5 Å². The van der Waals surface area contributed by atoms with Crippen molar-refractivity contribution in [1.82, 2.24) is 14.5 Å². The van der Waals surface area contributed by atoms with Crippen LogP contribution in [0.25, 0.3) is 94.1 Å². The van der Waals surface area contributed by atoms with Crippen molar-refractivity contribution in [3.05, 3.63) is 152 Å². The maximum Gasteiger partial charge on any atom is 0.160 e. The summed E-state index contributed by atoms with van der Waals surface area (Å²) in [5, 5.41) is 6.15. The second-order valence-electron chi connectivity index (χ2n) is 11.8. The number of hydrogen-bond acceptors (Lipinski definition) is 2.